The first-order valence-electron chi connectivity index (χ1n) is 4.80. The lowest BCUT2D eigenvalue weighted by Crippen LogP contribution is -2.32. The molecule has 2 unspecified atom stereocenters. The van der Waals surface area contributed by atoms with Crippen LogP contribution < -0.4 is 5.73 Å². The lowest BCUT2D eigenvalue weighted by molar-refractivity contribution is -0.138. The van der Waals surface area contributed by atoms with Crippen molar-refractivity contribution in [3.8, 4) is 0 Å². The number of benzene rings is 1. The maximum absolute atomic E-state index is 10.6. The number of alkyl halides is 1. The third kappa shape index (κ3) is 4.33. The summed E-state index contributed by atoms with van der Waals surface area (Å²) in [6, 6.07) is 5.96. The topological polar surface area (TPSA) is 104 Å². The third-order valence-electron chi connectivity index (χ3n) is 2.23. The van der Waals surface area contributed by atoms with Gasteiger partial charge in [-0.3, -0.25) is 4.79 Å². The van der Waals surface area contributed by atoms with Crippen molar-refractivity contribution in [1.82, 2.24) is 0 Å². The van der Waals surface area contributed by atoms with Gasteiger partial charge < -0.3 is 20.6 Å². The Morgan fingerprint density at radius 2 is 1.88 bits per heavy atom. The standard InChI is InChI=1S/C10H13BrNO4P/c11-9(17(15)16)7-3-1-6(2-4-7)5-8(12)10(13)14/h1-4,8-9,15-16H,5,12H2,(H,13,14). The van der Waals surface area contributed by atoms with Crippen LogP contribution in [0.25, 0.3) is 0 Å². The van der Waals surface area contributed by atoms with Crippen molar-refractivity contribution >= 4 is 30.3 Å². The van der Waals surface area contributed by atoms with Gasteiger partial charge in [-0.05, 0) is 17.5 Å². The van der Waals surface area contributed by atoms with Crippen molar-refractivity contribution in [3.63, 3.8) is 0 Å². The van der Waals surface area contributed by atoms with Crippen molar-refractivity contribution < 1.29 is 19.7 Å². The Morgan fingerprint density at radius 3 is 2.29 bits per heavy atom. The molecule has 1 aromatic rings. The molecule has 1 aromatic carbocycles. The van der Waals surface area contributed by atoms with Gasteiger partial charge in [-0.2, -0.15) is 0 Å². The Balaban J connectivity index is 2.71. The van der Waals surface area contributed by atoms with Crippen LogP contribution >= 0.6 is 24.3 Å². The number of carboxylic acid groups (broad SMARTS) is 1. The number of hydrogen-bond donors (Lipinski definition) is 4. The molecule has 0 heterocycles. The Morgan fingerprint density at radius 1 is 1.35 bits per heavy atom. The van der Waals surface area contributed by atoms with E-state index in [1.807, 2.05) is 0 Å². The van der Waals surface area contributed by atoms with E-state index in [1.165, 1.54) is 0 Å². The second-order valence-corrected chi connectivity index (χ2v) is 6.33. The van der Waals surface area contributed by atoms with E-state index in [0.29, 0.717) is 0 Å². The zero-order chi connectivity index (χ0) is 13.0. The molecule has 7 heteroatoms. The summed E-state index contributed by atoms with van der Waals surface area (Å²) in [7, 11) is -2.08. The highest BCUT2D eigenvalue weighted by atomic mass is 79.9. The summed E-state index contributed by atoms with van der Waals surface area (Å²) in [5, 5.41) is 8.66. The molecule has 0 aliphatic carbocycles. The van der Waals surface area contributed by atoms with Gasteiger partial charge in [0.1, 0.15) is 10.6 Å². The summed E-state index contributed by atoms with van der Waals surface area (Å²) in [6.45, 7) is 0. The van der Waals surface area contributed by atoms with E-state index in [-0.39, 0.29) is 6.42 Å². The number of carbonyl (C=O) groups is 1. The molecular formula is C10H13BrNO4P. The van der Waals surface area contributed by atoms with Gasteiger partial charge >= 0.3 is 5.97 Å². The van der Waals surface area contributed by atoms with Gasteiger partial charge in [0.15, 0.2) is 8.38 Å². The van der Waals surface area contributed by atoms with Crippen LogP contribution in [0.15, 0.2) is 24.3 Å². The maximum Gasteiger partial charge on any atom is 0.320 e. The first-order valence-corrected chi connectivity index (χ1v) is 7.03. The van der Waals surface area contributed by atoms with Crippen LogP contribution in [0.2, 0.25) is 0 Å². The second kappa shape index (κ2) is 6.42. The number of carboxylic acids is 1. The van der Waals surface area contributed by atoms with Gasteiger partial charge in [0.2, 0.25) is 0 Å². The number of nitrogens with two attached hydrogens (primary N) is 1. The van der Waals surface area contributed by atoms with E-state index in [2.05, 4.69) is 15.9 Å². The molecule has 0 fully saturated rings. The fourth-order valence-corrected chi connectivity index (χ4v) is 2.03. The molecule has 0 spiro atoms. The van der Waals surface area contributed by atoms with Crippen LogP contribution in [-0.4, -0.2) is 26.9 Å². The highest BCUT2D eigenvalue weighted by Gasteiger charge is 2.17. The minimum absolute atomic E-state index is 0.246. The van der Waals surface area contributed by atoms with Gasteiger partial charge in [0, 0.05) is 0 Å². The molecule has 17 heavy (non-hydrogen) atoms. The zero-order valence-corrected chi connectivity index (χ0v) is 11.3. The van der Waals surface area contributed by atoms with Crippen LogP contribution in [0.1, 0.15) is 15.7 Å². The molecule has 5 N–H and O–H groups in total. The smallest absolute Gasteiger partial charge is 0.320 e. The molecule has 0 aliphatic heterocycles. The van der Waals surface area contributed by atoms with Crippen LogP contribution in [0.4, 0.5) is 0 Å². The normalized spacial score (nSPS) is 14.6. The van der Waals surface area contributed by atoms with Gasteiger partial charge in [-0.1, -0.05) is 40.2 Å². The van der Waals surface area contributed by atoms with Crippen molar-refractivity contribution in [2.24, 2.45) is 5.73 Å². The summed E-state index contributed by atoms with van der Waals surface area (Å²) in [4.78, 5) is 28.6. The average Bonchev–Trinajstić information content (AvgIpc) is 2.28. The molecular weight excluding hydrogens is 309 g/mol. The SMILES string of the molecule is NC(Cc1ccc(C(Br)P(O)O)cc1)C(=O)O. The second-order valence-electron chi connectivity index (χ2n) is 3.55. The predicted octanol–water partition coefficient (Wildman–Crippen LogP) is 1.33. The van der Waals surface area contributed by atoms with E-state index in [9.17, 15) is 4.79 Å². The van der Waals surface area contributed by atoms with Gasteiger partial charge in [0.05, 0.1) is 0 Å². The van der Waals surface area contributed by atoms with Crippen molar-refractivity contribution in [3.05, 3.63) is 35.4 Å². The lowest BCUT2D eigenvalue weighted by atomic mass is 10.1. The predicted molar refractivity (Wildman–Crippen MR) is 68.8 cm³/mol. The minimum Gasteiger partial charge on any atom is -0.480 e. The van der Waals surface area contributed by atoms with Crippen LogP contribution in [0.5, 0.6) is 0 Å². The molecule has 94 valence electrons. The molecule has 0 bridgehead atoms. The van der Waals surface area contributed by atoms with E-state index >= 15 is 0 Å². The first kappa shape index (κ1) is 14.5. The number of rotatable bonds is 5. The maximum atomic E-state index is 10.6. The number of aliphatic carboxylic acids is 1. The molecule has 5 nitrogen and oxygen atoms in total. The number of hydrogen-bond acceptors (Lipinski definition) is 4. The molecule has 1 rings (SSSR count). The van der Waals surface area contributed by atoms with Crippen LogP contribution in [0, 0.1) is 0 Å². The zero-order valence-electron chi connectivity index (χ0n) is 8.82. The monoisotopic (exact) mass is 321 g/mol. The molecule has 0 amide bonds. The summed E-state index contributed by atoms with van der Waals surface area (Å²) >= 11 is 3.16. The third-order valence-corrected chi connectivity index (χ3v) is 4.56. The molecule has 0 saturated carbocycles. The molecule has 0 aromatic heterocycles. The van der Waals surface area contributed by atoms with Gasteiger partial charge in [-0.25, -0.2) is 0 Å². The largest absolute Gasteiger partial charge is 0.480 e. The summed E-state index contributed by atoms with van der Waals surface area (Å²) in [5.41, 5.74) is 6.93. The lowest BCUT2D eigenvalue weighted by Gasteiger charge is -2.12. The van der Waals surface area contributed by atoms with Gasteiger partial charge in [0.25, 0.3) is 0 Å². The highest BCUT2D eigenvalue weighted by Crippen LogP contribution is 2.48. The van der Waals surface area contributed by atoms with E-state index in [1.54, 1.807) is 24.3 Å². The van der Waals surface area contributed by atoms with Gasteiger partial charge in [-0.15, -0.1) is 0 Å². The Labute approximate surface area is 108 Å². The summed E-state index contributed by atoms with van der Waals surface area (Å²) in [6.07, 6.45) is 0.246. The van der Waals surface area contributed by atoms with Crippen molar-refractivity contribution in [1.29, 1.82) is 0 Å². The first-order chi connectivity index (χ1) is 7.91. The van der Waals surface area contributed by atoms with E-state index in [0.717, 1.165) is 11.1 Å². The Bertz CT molecular complexity index is 384. The molecule has 2 atom stereocenters. The fourth-order valence-electron chi connectivity index (χ4n) is 1.29. The minimum atomic E-state index is -2.08. The van der Waals surface area contributed by atoms with Crippen LogP contribution in [-0.2, 0) is 11.2 Å². The average molecular weight is 322 g/mol. The van der Waals surface area contributed by atoms with E-state index in [4.69, 9.17) is 20.6 Å². The Kier molecular flexibility index (Phi) is 5.49. The molecule has 0 radical (unpaired) electrons. The molecule has 0 aliphatic rings. The Hall–Kier alpha value is -0.520. The summed E-state index contributed by atoms with van der Waals surface area (Å²) < 4.78 is -0.500. The van der Waals surface area contributed by atoms with Crippen LogP contribution in [0.3, 0.4) is 0 Å². The van der Waals surface area contributed by atoms with Crippen molar-refractivity contribution in [2.75, 3.05) is 0 Å². The summed E-state index contributed by atoms with van der Waals surface area (Å²) in [5.74, 6) is -1.04. The molecule has 0 saturated heterocycles. The van der Waals surface area contributed by atoms with Crippen molar-refractivity contribution in [2.45, 2.75) is 17.0 Å². The highest BCUT2D eigenvalue weighted by molar-refractivity contribution is 9.10. The fraction of sp³-hybridized carbons (Fsp3) is 0.300. The number of halogens is 1. The quantitative estimate of drug-likeness (QED) is 0.484. The van der Waals surface area contributed by atoms with E-state index < -0.39 is 25.0 Å².